The lowest BCUT2D eigenvalue weighted by Gasteiger charge is -2.40. The monoisotopic (exact) mass is 518 g/mol. The number of ether oxygens (including phenoxy) is 1. The molecule has 1 fully saturated rings. The highest BCUT2D eigenvalue weighted by Gasteiger charge is 2.47. The molecule has 2 amide bonds. The molecule has 2 aromatic rings. The van der Waals surface area contributed by atoms with Crippen molar-refractivity contribution in [3.8, 4) is 0 Å². The lowest BCUT2D eigenvalue weighted by atomic mass is 9.79. The van der Waals surface area contributed by atoms with E-state index in [-0.39, 0.29) is 42.7 Å². The second-order valence-corrected chi connectivity index (χ2v) is 10.3. The summed E-state index contributed by atoms with van der Waals surface area (Å²) in [7, 11) is 0. The van der Waals surface area contributed by atoms with Crippen molar-refractivity contribution in [1.29, 1.82) is 0 Å². The normalized spacial score (nSPS) is 20.7. The number of likely N-dealkylation sites (tertiary alicyclic amines) is 1. The van der Waals surface area contributed by atoms with Crippen LogP contribution in [0.25, 0.3) is 0 Å². The Morgan fingerprint density at radius 3 is 2.74 bits per heavy atom. The fraction of sp³-hybridized carbons (Fsp3) is 0.484. The molecular weight excluding hydrogens is 476 g/mol. The first-order chi connectivity index (χ1) is 18.5. The first kappa shape index (κ1) is 27.7. The molecule has 2 N–H and O–H groups in total. The Kier molecular flexibility index (Phi) is 9.45. The van der Waals surface area contributed by atoms with Gasteiger partial charge in [0.25, 0.3) is 5.91 Å². The molecule has 2 aromatic carbocycles. The van der Waals surface area contributed by atoms with Gasteiger partial charge in [0.2, 0.25) is 0 Å². The molecule has 0 saturated carbocycles. The van der Waals surface area contributed by atoms with Crippen LogP contribution in [0, 0.1) is 5.92 Å². The summed E-state index contributed by atoms with van der Waals surface area (Å²) in [5.74, 6) is 0.0721. The predicted molar refractivity (Wildman–Crippen MR) is 152 cm³/mol. The fourth-order valence-electron chi connectivity index (χ4n) is 5.85. The molecule has 2 aliphatic heterocycles. The van der Waals surface area contributed by atoms with Crippen LogP contribution in [0.15, 0.2) is 61.2 Å². The number of amides is 2. The van der Waals surface area contributed by atoms with E-state index in [4.69, 9.17) is 4.74 Å². The van der Waals surface area contributed by atoms with Crippen molar-refractivity contribution in [2.75, 3.05) is 38.1 Å². The Morgan fingerprint density at radius 2 is 2.03 bits per heavy atom. The van der Waals surface area contributed by atoms with Crippen LogP contribution in [0.3, 0.4) is 0 Å². The number of fused-ring (bicyclic) bond motifs is 3. The Labute approximate surface area is 227 Å². The summed E-state index contributed by atoms with van der Waals surface area (Å²) in [5, 5.41) is 6.85. The summed E-state index contributed by atoms with van der Waals surface area (Å²) >= 11 is 0. The molecule has 0 bridgehead atoms. The number of hydrogen-bond donors (Lipinski definition) is 2. The third-order valence-corrected chi connectivity index (χ3v) is 7.92. The van der Waals surface area contributed by atoms with Gasteiger partial charge in [0, 0.05) is 36.3 Å². The number of rotatable bonds is 11. The molecule has 4 atom stereocenters. The molecule has 4 unspecified atom stereocenters. The topological polar surface area (TPSA) is 73.9 Å². The van der Waals surface area contributed by atoms with E-state index in [1.807, 2.05) is 41.3 Å². The van der Waals surface area contributed by atoms with Crippen LogP contribution in [-0.4, -0.2) is 60.6 Å². The highest BCUT2D eigenvalue weighted by molar-refractivity contribution is 5.95. The van der Waals surface area contributed by atoms with Gasteiger partial charge in [0.1, 0.15) is 6.61 Å². The van der Waals surface area contributed by atoms with Crippen molar-refractivity contribution in [1.82, 2.24) is 15.1 Å². The van der Waals surface area contributed by atoms with Gasteiger partial charge in [-0.2, -0.15) is 0 Å². The maximum atomic E-state index is 13.2. The van der Waals surface area contributed by atoms with Crippen LogP contribution < -0.4 is 10.6 Å². The maximum Gasteiger partial charge on any atom is 0.410 e. The second kappa shape index (κ2) is 13.0. The molecule has 0 aliphatic carbocycles. The summed E-state index contributed by atoms with van der Waals surface area (Å²) < 4.78 is 5.45. The van der Waals surface area contributed by atoms with Gasteiger partial charge >= 0.3 is 6.09 Å². The molecule has 0 radical (unpaired) electrons. The van der Waals surface area contributed by atoms with Crippen LogP contribution in [0.5, 0.6) is 0 Å². The Bertz CT molecular complexity index is 1110. The molecule has 38 heavy (non-hydrogen) atoms. The molecule has 0 spiro atoms. The minimum atomic E-state index is -0.340. The van der Waals surface area contributed by atoms with Crippen LogP contribution in [0.2, 0.25) is 0 Å². The molecule has 204 valence electrons. The molecule has 7 heteroatoms. The summed E-state index contributed by atoms with van der Waals surface area (Å²) in [6.45, 7) is 13.6. The van der Waals surface area contributed by atoms with Gasteiger partial charge < -0.3 is 20.3 Å². The average Bonchev–Trinajstić information content (AvgIpc) is 3.40. The minimum absolute atomic E-state index is 0.0644. The summed E-state index contributed by atoms with van der Waals surface area (Å²) in [4.78, 5) is 30.5. The van der Waals surface area contributed by atoms with Crippen molar-refractivity contribution in [2.24, 2.45) is 5.92 Å². The quantitative estimate of drug-likeness (QED) is 0.369. The number of nitrogens with zero attached hydrogens (tertiary/aromatic N) is 2. The molecule has 1 saturated heterocycles. The lowest BCUT2D eigenvalue weighted by molar-refractivity contribution is 0.0936. The Balaban J connectivity index is 1.57. The van der Waals surface area contributed by atoms with E-state index >= 15 is 0 Å². The van der Waals surface area contributed by atoms with Gasteiger partial charge in [0.15, 0.2) is 0 Å². The van der Waals surface area contributed by atoms with E-state index in [1.165, 1.54) is 5.56 Å². The molecule has 2 heterocycles. The number of benzene rings is 2. The van der Waals surface area contributed by atoms with Crippen LogP contribution in [-0.2, 0) is 4.74 Å². The van der Waals surface area contributed by atoms with Crippen molar-refractivity contribution < 1.29 is 14.3 Å². The Hall–Kier alpha value is -3.32. The van der Waals surface area contributed by atoms with Gasteiger partial charge in [-0.05, 0) is 62.2 Å². The van der Waals surface area contributed by atoms with Crippen molar-refractivity contribution >= 4 is 17.7 Å². The van der Waals surface area contributed by atoms with Gasteiger partial charge in [-0.3, -0.25) is 9.69 Å². The predicted octanol–water partition coefficient (Wildman–Crippen LogP) is 5.78. The summed E-state index contributed by atoms with van der Waals surface area (Å²) in [6.07, 6.45) is 4.40. The van der Waals surface area contributed by atoms with Gasteiger partial charge in [0.05, 0.1) is 12.1 Å². The standard InChI is InChI=1S/C31H42N4O3/c1-5-8-17-34(7-3)22(4)21-32-30(36)24-14-15-27-26(20-24)29-25(16-18-35(29)31(37)38-19-6-2)28(33-27)23-12-10-9-11-13-23/h6,9-15,20,22,25,28-29,33H,2,5,7-8,16-19,21H2,1,3-4H3,(H,32,36). The number of hydrogen-bond acceptors (Lipinski definition) is 5. The highest BCUT2D eigenvalue weighted by atomic mass is 16.6. The van der Waals surface area contributed by atoms with Crippen LogP contribution in [0.4, 0.5) is 10.5 Å². The molecular formula is C31H42N4O3. The van der Waals surface area contributed by atoms with Gasteiger partial charge in [-0.1, -0.05) is 63.3 Å². The maximum absolute atomic E-state index is 13.2. The average molecular weight is 519 g/mol. The molecule has 7 nitrogen and oxygen atoms in total. The fourth-order valence-corrected chi connectivity index (χ4v) is 5.85. The van der Waals surface area contributed by atoms with E-state index in [1.54, 1.807) is 6.08 Å². The molecule has 4 rings (SSSR count). The first-order valence-electron chi connectivity index (χ1n) is 14.0. The van der Waals surface area contributed by atoms with Crippen molar-refractivity contribution in [2.45, 2.75) is 58.2 Å². The number of anilines is 1. The van der Waals surface area contributed by atoms with Gasteiger partial charge in [-0.25, -0.2) is 4.79 Å². The number of carbonyl (C=O) groups excluding carboxylic acids is 2. The van der Waals surface area contributed by atoms with Gasteiger partial charge in [-0.15, -0.1) is 0 Å². The van der Waals surface area contributed by atoms with E-state index in [0.717, 1.165) is 43.6 Å². The summed E-state index contributed by atoms with van der Waals surface area (Å²) in [6, 6.07) is 16.3. The number of unbranched alkanes of at least 4 members (excludes halogenated alkanes) is 1. The second-order valence-electron chi connectivity index (χ2n) is 10.3. The smallest absolute Gasteiger partial charge is 0.410 e. The number of likely N-dealkylation sites (N-methyl/N-ethyl adjacent to an activating group) is 1. The lowest BCUT2D eigenvalue weighted by Crippen LogP contribution is -2.42. The SMILES string of the molecule is C=CCOC(=O)N1CCC2C(c3ccccc3)Nc3ccc(C(=O)NCC(C)N(CC)CCCC)cc3C21. The van der Waals surface area contributed by atoms with Crippen LogP contribution >= 0.6 is 0 Å². The third kappa shape index (κ3) is 6.04. The zero-order valence-electron chi connectivity index (χ0n) is 23.0. The van der Waals surface area contributed by atoms with Crippen molar-refractivity contribution in [3.05, 3.63) is 77.9 Å². The van der Waals surface area contributed by atoms with Crippen LogP contribution in [0.1, 0.15) is 73.6 Å². The number of nitrogens with one attached hydrogen (secondary N) is 2. The summed E-state index contributed by atoms with van der Waals surface area (Å²) in [5.41, 5.74) is 3.71. The highest BCUT2D eigenvalue weighted by Crippen LogP contribution is 2.51. The molecule has 2 aliphatic rings. The van der Waals surface area contributed by atoms with E-state index in [0.29, 0.717) is 18.7 Å². The zero-order valence-corrected chi connectivity index (χ0v) is 23.0. The first-order valence-corrected chi connectivity index (χ1v) is 14.0. The van der Waals surface area contributed by atoms with E-state index < -0.39 is 0 Å². The molecule has 0 aromatic heterocycles. The van der Waals surface area contributed by atoms with E-state index in [9.17, 15) is 9.59 Å². The van der Waals surface area contributed by atoms with E-state index in [2.05, 4.69) is 55.0 Å². The number of carbonyl (C=O) groups is 2. The van der Waals surface area contributed by atoms with Crippen molar-refractivity contribution in [3.63, 3.8) is 0 Å². The third-order valence-electron chi connectivity index (χ3n) is 7.92. The minimum Gasteiger partial charge on any atom is -0.445 e. The Morgan fingerprint density at radius 1 is 1.24 bits per heavy atom. The largest absolute Gasteiger partial charge is 0.445 e. The zero-order chi connectivity index (χ0) is 27.1.